The molecule has 314 valence electrons. The third-order valence-corrected chi connectivity index (χ3v) is 13.6. The van der Waals surface area contributed by atoms with Gasteiger partial charge in [0.05, 0.1) is 31.8 Å². The summed E-state index contributed by atoms with van der Waals surface area (Å²) in [4.78, 5) is 0. The van der Waals surface area contributed by atoms with Crippen LogP contribution in [0.15, 0.2) is 158 Å². The Labute approximate surface area is 358 Å². The predicted molar refractivity (Wildman–Crippen MR) is 245 cm³/mol. The minimum absolute atomic E-state index is 0.213. The number of benzene rings is 6. The smallest absolute Gasteiger partial charge is 0.417 e. The fraction of sp³-hybridized carbons (Fsp3) is 0.321. The molecular weight excluding hydrogens is 764 g/mol. The highest BCUT2D eigenvalue weighted by atomic mass is 31.2. The lowest BCUT2D eigenvalue weighted by Gasteiger charge is -2.34. The number of aliphatic hydroxyl groups excluding tert-OH is 3. The lowest BCUT2D eigenvalue weighted by Crippen LogP contribution is -2.38. The maximum atomic E-state index is 10.3. The molecule has 0 saturated carbocycles. The number of aliphatic hydroxyl groups is 3. The van der Waals surface area contributed by atoms with Gasteiger partial charge in [0.2, 0.25) is 0 Å². The van der Waals surface area contributed by atoms with E-state index in [1.807, 2.05) is 60.7 Å². The van der Waals surface area contributed by atoms with Crippen molar-refractivity contribution in [1.82, 2.24) is 0 Å². The van der Waals surface area contributed by atoms with Gasteiger partial charge in [0, 0.05) is 32.8 Å². The molecule has 6 aromatic rings. The lowest BCUT2D eigenvalue weighted by molar-refractivity contribution is -0.0273. The van der Waals surface area contributed by atoms with Gasteiger partial charge in [-0.1, -0.05) is 201 Å². The molecule has 7 heteroatoms. The maximum Gasteiger partial charge on any atom is 0.463 e. The van der Waals surface area contributed by atoms with Crippen LogP contribution in [0.25, 0.3) is 0 Å². The molecular formula is C53H61O6P. The Bertz CT molecular complexity index is 2120. The third-order valence-electron chi connectivity index (χ3n) is 12.6. The second kappa shape index (κ2) is 18.4. The molecule has 0 aliphatic rings. The molecule has 0 bridgehead atoms. The number of hydrogen-bond acceptors (Lipinski definition) is 6. The van der Waals surface area contributed by atoms with Crippen molar-refractivity contribution in [1.29, 1.82) is 0 Å². The van der Waals surface area contributed by atoms with Crippen LogP contribution >= 0.6 is 8.60 Å². The van der Waals surface area contributed by atoms with Crippen LogP contribution in [0.2, 0.25) is 0 Å². The monoisotopic (exact) mass is 824 g/mol. The summed E-state index contributed by atoms with van der Waals surface area (Å²) in [5, 5.41) is 31.0. The Hall–Kier alpha value is -4.81. The first-order valence-electron chi connectivity index (χ1n) is 20.7. The second-order valence-electron chi connectivity index (χ2n) is 18.0. The fourth-order valence-corrected chi connectivity index (χ4v) is 8.91. The topological polar surface area (TPSA) is 88.4 Å². The van der Waals surface area contributed by atoms with Crippen LogP contribution in [-0.2, 0) is 26.2 Å². The van der Waals surface area contributed by atoms with Crippen LogP contribution in [0.4, 0.5) is 0 Å². The molecule has 0 amide bonds. The molecule has 0 spiro atoms. The van der Waals surface area contributed by atoms with Gasteiger partial charge in [-0.15, -0.1) is 0 Å². The third kappa shape index (κ3) is 9.39. The van der Waals surface area contributed by atoms with Gasteiger partial charge in [0.25, 0.3) is 0 Å². The molecule has 0 heterocycles. The minimum atomic E-state index is -2.26. The summed E-state index contributed by atoms with van der Waals surface area (Å²) < 4.78 is 20.5. The summed E-state index contributed by atoms with van der Waals surface area (Å²) in [6.07, 6.45) is 0. The van der Waals surface area contributed by atoms with E-state index in [9.17, 15) is 15.3 Å². The van der Waals surface area contributed by atoms with Crippen LogP contribution in [0.1, 0.15) is 99.9 Å². The Morgan fingerprint density at radius 3 is 0.983 bits per heavy atom. The summed E-state index contributed by atoms with van der Waals surface area (Å²) in [7, 11) is -2.26. The SMILES string of the molecule is CC(C)(c1ccccc1)c1ccc(OP(OCC(CO)(CO)CO)Oc2ccc(C(C)(C)c3ccccc3)cc2C(C)(C)c2ccccc2)c(C(C)(C)c2ccccc2)c1. The quantitative estimate of drug-likeness (QED) is 0.0748. The van der Waals surface area contributed by atoms with Gasteiger partial charge in [-0.2, -0.15) is 0 Å². The molecule has 0 aliphatic carbocycles. The zero-order valence-corrected chi connectivity index (χ0v) is 37.2. The molecule has 0 aliphatic heterocycles. The Morgan fingerprint density at radius 1 is 0.383 bits per heavy atom. The van der Waals surface area contributed by atoms with E-state index in [-0.39, 0.29) is 17.4 Å². The van der Waals surface area contributed by atoms with Gasteiger partial charge in [0.15, 0.2) is 0 Å². The largest absolute Gasteiger partial charge is 0.463 e. The lowest BCUT2D eigenvalue weighted by atomic mass is 9.73. The van der Waals surface area contributed by atoms with Crippen molar-refractivity contribution in [3.8, 4) is 11.5 Å². The molecule has 0 atom stereocenters. The van der Waals surface area contributed by atoms with Gasteiger partial charge < -0.3 is 24.4 Å². The average molecular weight is 825 g/mol. The Kier molecular flexibility index (Phi) is 13.7. The predicted octanol–water partition coefficient (Wildman–Crippen LogP) is 11.7. The van der Waals surface area contributed by atoms with Crippen molar-refractivity contribution < 1.29 is 28.9 Å². The summed E-state index contributed by atoms with van der Waals surface area (Å²) in [6, 6.07) is 54.4. The Morgan fingerprint density at radius 2 is 0.683 bits per heavy atom. The van der Waals surface area contributed by atoms with Crippen molar-refractivity contribution in [2.75, 3.05) is 26.4 Å². The fourth-order valence-electron chi connectivity index (χ4n) is 7.75. The summed E-state index contributed by atoms with van der Waals surface area (Å²) in [6.45, 7) is 16.0. The summed E-state index contributed by atoms with van der Waals surface area (Å²) in [5.74, 6) is 1.16. The highest BCUT2D eigenvalue weighted by molar-refractivity contribution is 7.42. The molecule has 0 saturated heterocycles. The second-order valence-corrected chi connectivity index (χ2v) is 19.1. The molecule has 6 aromatic carbocycles. The van der Waals surface area contributed by atoms with E-state index in [4.69, 9.17) is 13.6 Å². The highest BCUT2D eigenvalue weighted by Gasteiger charge is 2.37. The van der Waals surface area contributed by atoms with Crippen molar-refractivity contribution in [2.24, 2.45) is 5.41 Å². The molecule has 0 aromatic heterocycles. The zero-order chi connectivity index (χ0) is 43.2. The normalized spacial score (nSPS) is 12.7. The van der Waals surface area contributed by atoms with Gasteiger partial charge in [-0.25, -0.2) is 0 Å². The molecule has 3 N–H and O–H groups in total. The first-order valence-corrected chi connectivity index (χ1v) is 21.8. The minimum Gasteiger partial charge on any atom is -0.417 e. The van der Waals surface area contributed by atoms with Crippen molar-refractivity contribution in [3.05, 3.63) is 202 Å². The Balaban J connectivity index is 1.50. The van der Waals surface area contributed by atoms with E-state index in [0.717, 1.165) is 33.4 Å². The highest BCUT2D eigenvalue weighted by Crippen LogP contribution is 2.51. The van der Waals surface area contributed by atoms with Crippen LogP contribution < -0.4 is 9.05 Å². The van der Waals surface area contributed by atoms with E-state index in [0.29, 0.717) is 11.5 Å². The van der Waals surface area contributed by atoms with E-state index in [1.54, 1.807) is 0 Å². The first-order chi connectivity index (χ1) is 28.6. The van der Waals surface area contributed by atoms with E-state index >= 15 is 0 Å². The number of hydrogen-bond donors (Lipinski definition) is 3. The van der Waals surface area contributed by atoms with Gasteiger partial charge in [0.1, 0.15) is 11.5 Å². The van der Waals surface area contributed by atoms with E-state index in [1.165, 1.54) is 11.1 Å². The molecule has 60 heavy (non-hydrogen) atoms. The average Bonchev–Trinajstić information content (AvgIpc) is 3.28. The van der Waals surface area contributed by atoms with E-state index in [2.05, 4.69) is 152 Å². The number of rotatable bonds is 18. The van der Waals surface area contributed by atoms with Crippen LogP contribution in [-0.4, -0.2) is 41.7 Å². The zero-order valence-electron chi connectivity index (χ0n) is 36.4. The van der Waals surface area contributed by atoms with Gasteiger partial charge in [-0.05, 0) is 45.5 Å². The summed E-state index contributed by atoms with van der Waals surface area (Å²) >= 11 is 0. The first kappa shape index (κ1) is 44.7. The van der Waals surface area contributed by atoms with Crippen molar-refractivity contribution in [2.45, 2.75) is 77.0 Å². The van der Waals surface area contributed by atoms with E-state index < -0.39 is 44.7 Å². The molecule has 0 unspecified atom stereocenters. The van der Waals surface area contributed by atoms with Gasteiger partial charge in [-0.3, -0.25) is 4.52 Å². The van der Waals surface area contributed by atoms with Crippen LogP contribution in [0.3, 0.4) is 0 Å². The maximum absolute atomic E-state index is 10.3. The van der Waals surface area contributed by atoms with Crippen molar-refractivity contribution in [3.63, 3.8) is 0 Å². The molecule has 6 nitrogen and oxygen atoms in total. The molecule has 0 fully saturated rings. The van der Waals surface area contributed by atoms with Crippen molar-refractivity contribution >= 4 is 8.60 Å². The summed E-state index contributed by atoms with van der Waals surface area (Å²) in [5.41, 5.74) is 5.72. The standard InChI is InChI=1S/C53H61O6P/c1-49(2,39-21-13-9-14-22-39)43-29-31-47(45(33-43)51(5,6)41-25-17-11-18-26-41)58-60(57-38-53(35-54,36-55)37-56)59-48-32-30-44(50(3,4)40-23-15-10-16-24-40)34-46(48)52(7,8)42-27-19-12-20-28-42/h9-34,54-56H,35-38H2,1-8H3. The molecule has 6 rings (SSSR count). The van der Waals surface area contributed by atoms with Gasteiger partial charge >= 0.3 is 8.60 Å². The molecule has 0 radical (unpaired) electrons. The van der Waals surface area contributed by atoms with Crippen LogP contribution in [0, 0.1) is 5.41 Å². The van der Waals surface area contributed by atoms with Crippen LogP contribution in [0.5, 0.6) is 11.5 Å².